The fourth-order valence-electron chi connectivity index (χ4n) is 2.39. The Morgan fingerprint density at radius 2 is 2.26 bits per heavy atom. The van der Waals surface area contributed by atoms with Crippen LogP contribution in [0.1, 0.15) is 37.7 Å². The molecule has 1 saturated heterocycles. The molecule has 5 heteroatoms. The number of anilines is 1. The SMILES string of the molecule is CCNc1cnc(C(=O)N2CCC(C(C)C)C2)cn1. The fourth-order valence-corrected chi connectivity index (χ4v) is 2.39. The van der Waals surface area contributed by atoms with Gasteiger partial charge in [0, 0.05) is 19.6 Å². The highest BCUT2D eigenvalue weighted by Crippen LogP contribution is 2.24. The minimum absolute atomic E-state index is 0.00121. The van der Waals surface area contributed by atoms with Crippen molar-refractivity contribution in [3.63, 3.8) is 0 Å². The van der Waals surface area contributed by atoms with Gasteiger partial charge >= 0.3 is 0 Å². The van der Waals surface area contributed by atoms with Crippen molar-refractivity contribution in [3.8, 4) is 0 Å². The van der Waals surface area contributed by atoms with Gasteiger partial charge in [-0.3, -0.25) is 4.79 Å². The number of aromatic nitrogens is 2. The molecule has 2 heterocycles. The van der Waals surface area contributed by atoms with E-state index in [1.54, 1.807) is 12.4 Å². The van der Waals surface area contributed by atoms with Crippen molar-refractivity contribution in [2.45, 2.75) is 27.2 Å². The molecule has 0 aromatic carbocycles. The topological polar surface area (TPSA) is 58.1 Å². The molecule has 0 aliphatic carbocycles. The largest absolute Gasteiger partial charge is 0.369 e. The molecule has 5 nitrogen and oxygen atoms in total. The second-order valence-corrected chi connectivity index (χ2v) is 5.36. The van der Waals surface area contributed by atoms with Crippen LogP contribution in [0.5, 0.6) is 0 Å². The van der Waals surface area contributed by atoms with E-state index in [2.05, 4.69) is 29.1 Å². The van der Waals surface area contributed by atoms with Crippen LogP contribution in [0.2, 0.25) is 0 Å². The van der Waals surface area contributed by atoms with Gasteiger partial charge in [0.1, 0.15) is 11.5 Å². The molecule has 1 atom stereocenters. The summed E-state index contributed by atoms with van der Waals surface area (Å²) >= 11 is 0. The van der Waals surface area contributed by atoms with Crippen LogP contribution in [0.3, 0.4) is 0 Å². The van der Waals surface area contributed by atoms with Crippen LogP contribution in [-0.4, -0.2) is 40.4 Å². The van der Waals surface area contributed by atoms with Gasteiger partial charge < -0.3 is 10.2 Å². The molecule has 0 bridgehead atoms. The summed E-state index contributed by atoms with van der Waals surface area (Å²) in [5.41, 5.74) is 0.436. The van der Waals surface area contributed by atoms with Gasteiger partial charge in [-0.25, -0.2) is 9.97 Å². The predicted molar refractivity (Wildman–Crippen MR) is 75.0 cm³/mol. The zero-order chi connectivity index (χ0) is 13.8. The van der Waals surface area contributed by atoms with E-state index >= 15 is 0 Å². The van der Waals surface area contributed by atoms with Crippen LogP contribution in [0.25, 0.3) is 0 Å². The minimum Gasteiger partial charge on any atom is -0.369 e. The van der Waals surface area contributed by atoms with E-state index < -0.39 is 0 Å². The first-order valence-corrected chi connectivity index (χ1v) is 6.97. The van der Waals surface area contributed by atoms with E-state index in [1.807, 2.05) is 11.8 Å². The second-order valence-electron chi connectivity index (χ2n) is 5.36. The number of nitrogens with one attached hydrogen (secondary N) is 1. The van der Waals surface area contributed by atoms with E-state index in [0.717, 1.165) is 26.1 Å². The van der Waals surface area contributed by atoms with Crippen LogP contribution in [0.15, 0.2) is 12.4 Å². The average Bonchev–Trinajstić information content (AvgIpc) is 2.89. The molecule has 1 aliphatic heterocycles. The first kappa shape index (κ1) is 13.8. The van der Waals surface area contributed by atoms with Gasteiger partial charge in [0.05, 0.1) is 12.4 Å². The van der Waals surface area contributed by atoms with Gasteiger partial charge in [-0.1, -0.05) is 13.8 Å². The maximum Gasteiger partial charge on any atom is 0.274 e. The van der Waals surface area contributed by atoms with Gasteiger partial charge in [0.2, 0.25) is 0 Å². The lowest BCUT2D eigenvalue weighted by Crippen LogP contribution is -2.30. The van der Waals surface area contributed by atoms with Gasteiger partial charge in [-0.05, 0) is 25.2 Å². The normalized spacial score (nSPS) is 18.9. The standard InChI is InChI=1S/C14H22N4O/c1-4-15-13-8-16-12(7-17-13)14(19)18-6-5-11(9-18)10(2)3/h7-8,10-11H,4-6,9H2,1-3H3,(H,15,17). The molecular weight excluding hydrogens is 240 g/mol. The molecule has 19 heavy (non-hydrogen) atoms. The lowest BCUT2D eigenvalue weighted by atomic mass is 9.95. The predicted octanol–water partition coefficient (Wildman–Crippen LogP) is 2.03. The molecule has 1 aliphatic rings. The molecule has 1 amide bonds. The number of hydrogen-bond acceptors (Lipinski definition) is 4. The van der Waals surface area contributed by atoms with E-state index in [0.29, 0.717) is 23.3 Å². The number of hydrogen-bond donors (Lipinski definition) is 1. The maximum absolute atomic E-state index is 12.3. The molecule has 0 spiro atoms. The summed E-state index contributed by atoms with van der Waals surface area (Å²) in [5, 5.41) is 3.07. The van der Waals surface area contributed by atoms with Crippen LogP contribution in [0.4, 0.5) is 5.82 Å². The Morgan fingerprint density at radius 3 is 2.79 bits per heavy atom. The molecule has 1 unspecified atom stereocenters. The summed E-state index contributed by atoms with van der Waals surface area (Å²) in [5.74, 6) is 1.94. The molecule has 104 valence electrons. The number of rotatable bonds is 4. The number of amides is 1. The highest BCUT2D eigenvalue weighted by atomic mass is 16.2. The first-order valence-electron chi connectivity index (χ1n) is 6.97. The van der Waals surface area contributed by atoms with Gasteiger partial charge in [0.25, 0.3) is 5.91 Å². The number of carbonyl (C=O) groups is 1. The molecular formula is C14H22N4O. The van der Waals surface area contributed by atoms with Crippen molar-refractivity contribution in [1.29, 1.82) is 0 Å². The summed E-state index contributed by atoms with van der Waals surface area (Å²) in [6.07, 6.45) is 4.27. The highest BCUT2D eigenvalue weighted by molar-refractivity contribution is 5.92. The smallest absolute Gasteiger partial charge is 0.274 e. The van der Waals surface area contributed by atoms with Crippen molar-refractivity contribution >= 4 is 11.7 Å². The van der Waals surface area contributed by atoms with E-state index in [9.17, 15) is 4.79 Å². The van der Waals surface area contributed by atoms with Gasteiger partial charge in [0.15, 0.2) is 0 Å². The van der Waals surface area contributed by atoms with Crippen molar-refractivity contribution in [2.24, 2.45) is 11.8 Å². The Labute approximate surface area is 114 Å². The molecule has 1 fully saturated rings. The molecule has 1 aromatic rings. The summed E-state index contributed by atoms with van der Waals surface area (Å²) in [4.78, 5) is 22.6. The third-order valence-corrected chi connectivity index (χ3v) is 3.68. The third kappa shape index (κ3) is 3.22. The quantitative estimate of drug-likeness (QED) is 0.902. The Balaban J connectivity index is 2.00. The Hall–Kier alpha value is -1.65. The third-order valence-electron chi connectivity index (χ3n) is 3.68. The van der Waals surface area contributed by atoms with Gasteiger partial charge in [-0.15, -0.1) is 0 Å². The maximum atomic E-state index is 12.3. The fraction of sp³-hybridized carbons (Fsp3) is 0.643. The zero-order valence-corrected chi connectivity index (χ0v) is 11.9. The van der Waals surface area contributed by atoms with Crippen molar-refractivity contribution in [3.05, 3.63) is 18.1 Å². The molecule has 1 N–H and O–H groups in total. The number of nitrogens with zero attached hydrogens (tertiary/aromatic N) is 3. The van der Waals surface area contributed by atoms with Crippen molar-refractivity contribution in [1.82, 2.24) is 14.9 Å². The van der Waals surface area contributed by atoms with Crippen LogP contribution in [-0.2, 0) is 0 Å². The van der Waals surface area contributed by atoms with Crippen molar-refractivity contribution in [2.75, 3.05) is 25.0 Å². The molecule has 0 radical (unpaired) electrons. The van der Waals surface area contributed by atoms with Crippen LogP contribution >= 0.6 is 0 Å². The van der Waals surface area contributed by atoms with Gasteiger partial charge in [-0.2, -0.15) is 0 Å². The number of likely N-dealkylation sites (tertiary alicyclic amines) is 1. The number of carbonyl (C=O) groups excluding carboxylic acids is 1. The summed E-state index contributed by atoms with van der Waals surface area (Å²) < 4.78 is 0. The van der Waals surface area contributed by atoms with E-state index in [-0.39, 0.29) is 5.91 Å². The van der Waals surface area contributed by atoms with Crippen molar-refractivity contribution < 1.29 is 4.79 Å². The summed E-state index contributed by atoms with van der Waals surface area (Å²) in [7, 11) is 0. The molecule has 1 aromatic heterocycles. The van der Waals surface area contributed by atoms with E-state index in [1.165, 1.54) is 0 Å². The zero-order valence-electron chi connectivity index (χ0n) is 11.9. The Kier molecular flexibility index (Phi) is 4.35. The Morgan fingerprint density at radius 1 is 1.47 bits per heavy atom. The van der Waals surface area contributed by atoms with E-state index in [4.69, 9.17) is 0 Å². The summed E-state index contributed by atoms with van der Waals surface area (Å²) in [6, 6.07) is 0. The minimum atomic E-state index is -0.00121. The average molecular weight is 262 g/mol. The molecule has 2 rings (SSSR count). The van der Waals surface area contributed by atoms with Crippen LogP contribution in [0, 0.1) is 11.8 Å². The molecule has 0 saturated carbocycles. The summed E-state index contributed by atoms with van der Waals surface area (Å²) in [6.45, 7) is 8.89. The first-order chi connectivity index (χ1) is 9.11. The second kappa shape index (κ2) is 5.99. The highest BCUT2D eigenvalue weighted by Gasteiger charge is 2.29. The lowest BCUT2D eigenvalue weighted by Gasteiger charge is -2.17. The lowest BCUT2D eigenvalue weighted by molar-refractivity contribution is 0.0778. The monoisotopic (exact) mass is 262 g/mol. The Bertz CT molecular complexity index is 430. The van der Waals surface area contributed by atoms with Crippen LogP contribution < -0.4 is 5.32 Å².